The third-order valence-corrected chi connectivity index (χ3v) is 4.36. The average molecular weight is 384 g/mol. The van der Waals surface area contributed by atoms with Crippen LogP contribution in [-0.4, -0.2) is 5.97 Å². The topological polar surface area (TPSA) is 26.3 Å². The number of hydrogen-bond acceptors (Lipinski definition) is 2. The number of carbonyl (C=O) groups is 1. The molecule has 0 spiro atoms. The highest BCUT2D eigenvalue weighted by Gasteiger charge is 2.06. The number of rotatable bonds is 5. The monoisotopic (exact) mass is 384 g/mol. The summed E-state index contributed by atoms with van der Waals surface area (Å²) in [5.74, 6) is 5.89. The second-order valence-corrected chi connectivity index (χ2v) is 6.54. The van der Waals surface area contributed by atoms with Gasteiger partial charge in [0.2, 0.25) is 0 Å². The van der Waals surface area contributed by atoms with E-state index < -0.39 is 5.97 Å². The fraction of sp³-hybridized carbons (Fsp3) is 0.115. The molecular formula is C26H21FO2. The van der Waals surface area contributed by atoms with Gasteiger partial charge in [-0.1, -0.05) is 56.0 Å². The third-order valence-electron chi connectivity index (χ3n) is 4.36. The first-order valence-corrected chi connectivity index (χ1v) is 9.44. The number of hydrogen-bond donors (Lipinski definition) is 0. The van der Waals surface area contributed by atoms with Crippen LogP contribution in [0.25, 0.3) is 11.1 Å². The molecule has 0 N–H and O–H groups in total. The van der Waals surface area contributed by atoms with E-state index in [1.54, 1.807) is 30.3 Å². The van der Waals surface area contributed by atoms with Crippen LogP contribution in [0.5, 0.6) is 5.75 Å². The molecule has 3 aromatic rings. The molecule has 0 amide bonds. The van der Waals surface area contributed by atoms with Crippen LogP contribution in [0.4, 0.5) is 4.39 Å². The van der Waals surface area contributed by atoms with Crippen molar-refractivity contribution in [1.82, 2.24) is 0 Å². The van der Waals surface area contributed by atoms with Gasteiger partial charge in [-0.3, -0.25) is 0 Å². The van der Waals surface area contributed by atoms with Crippen LogP contribution in [0.1, 0.15) is 30.0 Å². The summed E-state index contributed by atoms with van der Waals surface area (Å²) in [4.78, 5) is 11.2. The zero-order valence-electron chi connectivity index (χ0n) is 16.2. The lowest BCUT2D eigenvalue weighted by atomic mass is 10.0. The largest absolute Gasteiger partial charge is 0.423 e. The fourth-order valence-corrected chi connectivity index (χ4v) is 2.88. The molecule has 0 saturated heterocycles. The number of carbonyl (C=O) groups excluding carboxylic acids is 1. The minimum atomic E-state index is -0.500. The van der Waals surface area contributed by atoms with Crippen molar-refractivity contribution in [2.75, 3.05) is 0 Å². The van der Waals surface area contributed by atoms with Crippen LogP contribution < -0.4 is 4.74 Å². The van der Waals surface area contributed by atoms with Gasteiger partial charge in [0.15, 0.2) is 0 Å². The van der Waals surface area contributed by atoms with Crippen LogP contribution in [0, 0.1) is 17.7 Å². The van der Waals surface area contributed by atoms with Crippen LogP contribution in [0.15, 0.2) is 79.4 Å². The van der Waals surface area contributed by atoms with Gasteiger partial charge < -0.3 is 4.74 Å². The SMILES string of the molecule is C=CC(=O)Oc1ccc(C#Cc2ccc(-c3ccc(CCC)cc3F)cc2)cc1. The van der Waals surface area contributed by atoms with Crippen molar-refractivity contribution in [1.29, 1.82) is 0 Å². The molecule has 0 fully saturated rings. The number of esters is 1. The Balaban J connectivity index is 1.72. The van der Waals surface area contributed by atoms with Gasteiger partial charge in [-0.15, -0.1) is 0 Å². The van der Waals surface area contributed by atoms with Crippen molar-refractivity contribution in [3.8, 4) is 28.7 Å². The van der Waals surface area contributed by atoms with Crippen molar-refractivity contribution >= 4 is 5.97 Å². The van der Waals surface area contributed by atoms with Crippen molar-refractivity contribution in [2.24, 2.45) is 0 Å². The van der Waals surface area contributed by atoms with Gasteiger partial charge in [0, 0.05) is 22.8 Å². The molecule has 2 nitrogen and oxygen atoms in total. The molecule has 3 aromatic carbocycles. The summed E-state index contributed by atoms with van der Waals surface area (Å²) in [7, 11) is 0. The Bertz CT molecular complexity index is 1070. The van der Waals surface area contributed by atoms with E-state index in [1.807, 2.05) is 36.4 Å². The van der Waals surface area contributed by atoms with Crippen LogP contribution in [0.2, 0.25) is 0 Å². The first kappa shape index (κ1) is 20.1. The van der Waals surface area contributed by atoms with Crippen molar-refractivity contribution in [3.63, 3.8) is 0 Å². The van der Waals surface area contributed by atoms with Gasteiger partial charge in [0.25, 0.3) is 0 Å². The Hall–Kier alpha value is -3.64. The Labute approximate surface area is 170 Å². The first-order valence-electron chi connectivity index (χ1n) is 9.44. The summed E-state index contributed by atoms with van der Waals surface area (Å²) in [6.07, 6.45) is 2.99. The zero-order valence-corrected chi connectivity index (χ0v) is 16.2. The Morgan fingerprint density at radius 1 is 1.00 bits per heavy atom. The molecule has 0 aliphatic heterocycles. The fourth-order valence-electron chi connectivity index (χ4n) is 2.88. The molecule has 29 heavy (non-hydrogen) atoms. The summed E-state index contributed by atoms with van der Waals surface area (Å²) in [6.45, 7) is 5.44. The maximum atomic E-state index is 14.4. The van der Waals surface area contributed by atoms with Crippen LogP contribution in [-0.2, 0) is 11.2 Å². The third kappa shape index (κ3) is 5.43. The van der Waals surface area contributed by atoms with Gasteiger partial charge in [-0.25, -0.2) is 9.18 Å². The summed E-state index contributed by atoms with van der Waals surface area (Å²) in [5, 5.41) is 0. The molecule has 0 aromatic heterocycles. The number of halogens is 1. The molecule has 0 radical (unpaired) electrons. The van der Waals surface area contributed by atoms with Crippen molar-refractivity contribution in [3.05, 3.63) is 102 Å². The average Bonchev–Trinajstić information content (AvgIpc) is 2.74. The molecule has 0 atom stereocenters. The molecule has 3 heteroatoms. The summed E-state index contributed by atoms with van der Waals surface area (Å²) in [6, 6.07) is 19.8. The van der Waals surface area contributed by atoms with E-state index in [1.165, 1.54) is 0 Å². The molecule has 0 bridgehead atoms. The molecule has 3 rings (SSSR count). The van der Waals surface area contributed by atoms with E-state index in [0.717, 1.165) is 41.2 Å². The molecule has 0 unspecified atom stereocenters. The molecule has 0 heterocycles. The van der Waals surface area contributed by atoms with E-state index in [2.05, 4.69) is 25.3 Å². The Morgan fingerprint density at radius 3 is 2.17 bits per heavy atom. The predicted octanol–water partition coefficient (Wildman–Crippen LogP) is 5.94. The van der Waals surface area contributed by atoms with Gasteiger partial charge in [-0.2, -0.15) is 0 Å². The normalized spacial score (nSPS) is 10.0. The highest BCUT2D eigenvalue weighted by molar-refractivity contribution is 5.83. The van der Waals surface area contributed by atoms with Crippen molar-refractivity contribution < 1.29 is 13.9 Å². The van der Waals surface area contributed by atoms with Crippen LogP contribution >= 0.6 is 0 Å². The second kappa shape index (κ2) is 9.52. The van der Waals surface area contributed by atoms with Gasteiger partial charge >= 0.3 is 5.97 Å². The Morgan fingerprint density at radius 2 is 1.62 bits per heavy atom. The minimum Gasteiger partial charge on any atom is -0.423 e. The minimum absolute atomic E-state index is 0.202. The molecule has 0 aliphatic carbocycles. The molecule has 0 saturated carbocycles. The number of benzene rings is 3. The van der Waals surface area contributed by atoms with E-state index in [0.29, 0.717) is 11.3 Å². The first-order chi connectivity index (χ1) is 14.1. The highest BCUT2D eigenvalue weighted by atomic mass is 19.1. The molecule has 144 valence electrons. The Kier molecular flexibility index (Phi) is 6.60. The zero-order chi connectivity index (χ0) is 20.6. The highest BCUT2D eigenvalue weighted by Crippen LogP contribution is 2.24. The second-order valence-electron chi connectivity index (χ2n) is 6.54. The summed E-state index contributed by atoms with van der Waals surface area (Å²) >= 11 is 0. The van der Waals surface area contributed by atoms with E-state index in [9.17, 15) is 9.18 Å². The van der Waals surface area contributed by atoms with Gasteiger partial charge in [-0.05, 0) is 60.0 Å². The summed E-state index contributed by atoms with van der Waals surface area (Å²) in [5.41, 5.74) is 4.06. The number of ether oxygens (including phenoxy) is 1. The number of aryl methyl sites for hydroxylation is 1. The quantitative estimate of drug-likeness (QED) is 0.236. The lowest BCUT2D eigenvalue weighted by molar-refractivity contribution is -0.128. The standard InChI is InChI=1S/C26H21FO2/c1-3-5-21-12-17-24(25(27)18-21)22-13-8-19(9-14-22)6-7-20-10-15-23(16-11-20)29-26(28)4-2/h4,8-18H,2-3,5H2,1H3. The lowest BCUT2D eigenvalue weighted by Gasteiger charge is -2.06. The van der Waals surface area contributed by atoms with Gasteiger partial charge in [0.1, 0.15) is 11.6 Å². The smallest absolute Gasteiger partial charge is 0.335 e. The molecular weight excluding hydrogens is 363 g/mol. The van der Waals surface area contributed by atoms with E-state index >= 15 is 0 Å². The lowest BCUT2D eigenvalue weighted by Crippen LogP contribution is -2.02. The predicted molar refractivity (Wildman–Crippen MR) is 114 cm³/mol. The summed E-state index contributed by atoms with van der Waals surface area (Å²) < 4.78 is 19.4. The van der Waals surface area contributed by atoms with Crippen molar-refractivity contribution in [2.45, 2.75) is 19.8 Å². The van der Waals surface area contributed by atoms with E-state index in [4.69, 9.17) is 4.74 Å². The maximum absolute atomic E-state index is 14.4. The van der Waals surface area contributed by atoms with E-state index in [-0.39, 0.29) is 5.82 Å². The van der Waals surface area contributed by atoms with Crippen LogP contribution in [0.3, 0.4) is 0 Å². The molecule has 0 aliphatic rings. The van der Waals surface area contributed by atoms with Gasteiger partial charge in [0.05, 0.1) is 0 Å². The maximum Gasteiger partial charge on any atom is 0.335 e.